The largest absolute Gasteiger partial charge is 0.492 e. The van der Waals surface area contributed by atoms with Gasteiger partial charge in [-0.25, -0.2) is 4.79 Å². The number of esters is 1. The van der Waals surface area contributed by atoms with Gasteiger partial charge in [-0.15, -0.1) is 11.8 Å². The number of hydrogen-bond donors (Lipinski definition) is 2. The van der Waals surface area contributed by atoms with Crippen LogP contribution >= 0.6 is 11.8 Å². The van der Waals surface area contributed by atoms with Crippen molar-refractivity contribution in [2.45, 2.75) is 11.8 Å². The van der Waals surface area contributed by atoms with Crippen molar-refractivity contribution in [3.8, 4) is 5.75 Å². The molecule has 2 amide bonds. The van der Waals surface area contributed by atoms with Crippen LogP contribution in [0.3, 0.4) is 0 Å². The Morgan fingerprint density at radius 3 is 2.32 bits per heavy atom. The molecule has 0 radical (unpaired) electrons. The third-order valence-corrected chi connectivity index (χ3v) is 5.65. The molecule has 0 saturated heterocycles. The molecule has 0 saturated carbocycles. The van der Waals surface area contributed by atoms with Gasteiger partial charge in [0.2, 0.25) is 5.91 Å². The second-order valence-corrected chi connectivity index (χ2v) is 8.30. The molecule has 3 aromatic carbocycles. The van der Waals surface area contributed by atoms with E-state index in [0.717, 1.165) is 5.56 Å². The minimum Gasteiger partial charge on any atom is -0.492 e. The number of anilines is 1. The zero-order chi connectivity index (χ0) is 24.2. The van der Waals surface area contributed by atoms with Gasteiger partial charge in [-0.05, 0) is 43.3 Å². The molecule has 0 aliphatic rings. The van der Waals surface area contributed by atoms with Crippen LogP contribution in [-0.2, 0) is 14.3 Å². The molecule has 7 nitrogen and oxygen atoms in total. The highest BCUT2D eigenvalue weighted by molar-refractivity contribution is 8.00. The van der Waals surface area contributed by atoms with E-state index in [4.69, 9.17) is 9.47 Å². The zero-order valence-corrected chi connectivity index (χ0v) is 19.6. The average molecular weight is 479 g/mol. The molecule has 34 heavy (non-hydrogen) atoms. The molecule has 3 rings (SSSR count). The van der Waals surface area contributed by atoms with Crippen LogP contribution < -0.4 is 15.4 Å². The van der Waals surface area contributed by atoms with Crippen molar-refractivity contribution >= 4 is 35.2 Å². The number of ether oxygens (including phenoxy) is 2. The van der Waals surface area contributed by atoms with Gasteiger partial charge in [-0.3, -0.25) is 9.59 Å². The molecule has 8 heteroatoms. The van der Waals surface area contributed by atoms with E-state index in [2.05, 4.69) is 10.6 Å². The summed E-state index contributed by atoms with van der Waals surface area (Å²) >= 11 is 1.22. The Bertz CT molecular complexity index is 1100. The lowest BCUT2D eigenvalue weighted by molar-refractivity contribution is -0.124. The molecule has 2 N–H and O–H groups in total. The molecule has 0 fully saturated rings. The van der Waals surface area contributed by atoms with Crippen LogP contribution in [0.4, 0.5) is 5.69 Å². The number of hydrogen-bond acceptors (Lipinski definition) is 6. The third kappa shape index (κ3) is 8.29. The highest BCUT2D eigenvalue weighted by atomic mass is 32.2. The summed E-state index contributed by atoms with van der Waals surface area (Å²) in [5, 5.41) is 5.47. The van der Waals surface area contributed by atoms with Crippen LogP contribution in [0.1, 0.15) is 15.9 Å². The molecule has 0 atom stereocenters. The van der Waals surface area contributed by atoms with E-state index >= 15 is 0 Å². The van der Waals surface area contributed by atoms with E-state index in [-0.39, 0.29) is 18.2 Å². The number of amides is 2. The second kappa shape index (κ2) is 13.1. The van der Waals surface area contributed by atoms with Gasteiger partial charge in [0, 0.05) is 10.6 Å². The third-order valence-electron chi connectivity index (χ3n) is 4.57. The zero-order valence-electron chi connectivity index (χ0n) is 18.8. The molecule has 0 heterocycles. The minimum atomic E-state index is -0.627. The van der Waals surface area contributed by atoms with E-state index in [1.165, 1.54) is 11.8 Å². The lowest BCUT2D eigenvalue weighted by Crippen LogP contribution is -2.32. The van der Waals surface area contributed by atoms with Crippen molar-refractivity contribution in [3.05, 3.63) is 90.0 Å². The van der Waals surface area contributed by atoms with Gasteiger partial charge in [0.1, 0.15) is 12.4 Å². The van der Waals surface area contributed by atoms with Crippen LogP contribution in [-0.4, -0.2) is 43.3 Å². The van der Waals surface area contributed by atoms with Crippen molar-refractivity contribution in [1.29, 1.82) is 0 Å². The average Bonchev–Trinajstić information content (AvgIpc) is 2.86. The maximum Gasteiger partial charge on any atom is 0.339 e. The predicted molar refractivity (Wildman–Crippen MR) is 132 cm³/mol. The summed E-state index contributed by atoms with van der Waals surface area (Å²) in [6, 6.07) is 23.6. The minimum absolute atomic E-state index is 0.125. The summed E-state index contributed by atoms with van der Waals surface area (Å²) in [5.74, 6) is -0.399. The lowest BCUT2D eigenvalue weighted by Gasteiger charge is -2.10. The molecule has 0 unspecified atom stereocenters. The molecule has 0 aromatic heterocycles. The Morgan fingerprint density at radius 2 is 1.56 bits per heavy atom. The normalized spacial score (nSPS) is 10.3. The van der Waals surface area contributed by atoms with E-state index in [1.807, 2.05) is 61.5 Å². The van der Waals surface area contributed by atoms with Gasteiger partial charge in [0.05, 0.1) is 17.9 Å². The highest BCUT2D eigenvalue weighted by Gasteiger charge is 2.15. The quantitative estimate of drug-likeness (QED) is 0.245. The molecular weight excluding hydrogens is 452 g/mol. The van der Waals surface area contributed by atoms with Crippen LogP contribution in [0, 0.1) is 6.92 Å². The summed E-state index contributed by atoms with van der Waals surface area (Å²) < 4.78 is 10.7. The lowest BCUT2D eigenvalue weighted by atomic mass is 10.2. The molecule has 0 aliphatic carbocycles. The van der Waals surface area contributed by atoms with E-state index < -0.39 is 18.5 Å². The monoisotopic (exact) mass is 478 g/mol. The molecule has 0 spiro atoms. The fraction of sp³-hybridized carbons (Fsp3) is 0.192. The summed E-state index contributed by atoms with van der Waals surface area (Å²) in [7, 11) is 0. The highest BCUT2D eigenvalue weighted by Crippen LogP contribution is 2.23. The van der Waals surface area contributed by atoms with Crippen LogP contribution in [0.25, 0.3) is 0 Å². The van der Waals surface area contributed by atoms with Gasteiger partial charge in [-0.2, -0.15) is 0 Å². The first-order valence-electron chi connectivity index (χ1n) is 10.7. The number of nitrogens with one attached hydrogen (secondary N) is 2. The van der Waals surface area contributed by atoms with Crippen molar-refractivity contribution < 1.29 is 23.9 Å². The van der Waals surface area contributed by atoms with E-state index in [1.54, 1.807) is 24.3 Å². The first kappa shape index (κ1) is 24.9. The summed E-state index contributed by atoms with van der Waals surface area (Å²) in [6.45, 7) is 2.15. The van der Waals surface area contributed by atoms with Crippen LogP contribution in [0.2, 0.25) is 0 Å². The number of rotatable bonds is 11. The topological polar surface area (TPSA) is 93.7 Å². The number of thioether (sulfide) groups is 1. The Balaban J connectivity index is 1.41. The molecule has 0 bridgehead atoms. The predicted octanol–water partition coefficient (Wildman–Crippen LogP) is 4.08. The van der Waals surface area contributed by atoms with Crippen molar-refractivity contribution in [2.75, 3.05) is 30.8 Å². The van der Waals surface area contributed by atoms with Crippen LogP contribution in [0.5, 0.6) is 5.75 Å². The Kier molecular flexibility index (Phi) is 9.54. The number of aryl methyl sites for hydroxylation is 1. The van der Waals surface area contributed by atoms with Crippen molar-refractivity contribution in [1.82, 2.24) is 5.32 Å². The molecular formula is C26H26N2O5S. The van der Waals surface area contributed by atoms with Crippen LogP contribution in [0.15, 0.2) is 83.8 Å². The standard InChI is InChI=1S/C26H26N2O5S/c1-19-11-13-20(14-12-19)28-25(30)18-34-23-10-6-5-9-22(23)26(31)33-17-24(29)27-15-16-32-21-7-3-2-4-8-21/h2-14H,15-18H2,1H3,(H,27,29)(H,28,30). The molecule has 176 valence electrons. The molecule has 0 aliphatic heterocycles. The Labute approximate surface area is 202 Å². The van der Waals surface area contributed by atoms with Crippen molar-refractivity contribution in [3.63, 3.8) is 0 Å². The van der Waals surface area contributed by atoms with Gasteiger partial charge in [-0.1, -0.05) is 48.0 Å². The maximum absolute atomic E-state index is 12.5. The van der Waals surface area contributed by atoms with E-state index in [9.17, 15) is 14.4 Å². The number of carbonyl (C=O) groups is 3. The summed E-state index contributed by atoms with van der Waals surface area (Å²) in [5.41, 5.74) is 2.12. The SMILES string of the molecule is Cc1ccc(NC(=O)CSc2ccccc2C(=O)OCC(=O)NCCOc2ccccc2)cc1. The number of benzene rings is 3. The van der Waals surface area contributed by atoms with Gasteiger partial charge < -0.3 is 20.1 Å². The molecule has 3 aromatic rings. The fourth-order valence-corrected chi connectivity index (χ4v) is 3.71. The van der Waals surface area contributed by atoms with E-state index in [0.29, 0.717) is 28.5 Å². The number of carbonyl (C=O) groups excluding carboxylic acids is 3. The first-order valence-corrected chi connectivity index (χ1v) is 11.7. The second-order valence-electron chi connectivity index (χ2n) is 7.29. The maximum atomic E-state index is 12.5. The summed E-state index contributed by atoms with van der Waals surface area (Å²) in [4.78, 5) is 37.4. The Morgan fingerprint density at radius 1 is 0.853 bits per heavy atom. The first-order chi connectivity index (χ1) is 16.5. The fourth-order valence-electron chi connectivity index (χ4n) is 2.87. The Hall–Kier alpha value is -3.78. The van der Waals surface area contributed by atoms with Crippen molar-refractivity contribution in [2.24, 2.45) is 0 Å². The summed E-state index contributed by atoms with van der Waals surface area (Å²) in [6.07, 6.45) is 0. The number of para-hydroxylation sites is 1. The van der Waals surface area contributed by atoms with Gasteiger partial charge in [0.15, 0.2) is 6.61 Å². The van der Waals surface area contributed by atoms with Gasteiger partial charge >= 0.3 is 5.97 Å². The van der Waals surface area contributed by atoms with Gasteiger partial charge in [0.25, 0.3) is 5.91 Å². The smallest absolute Gasteiger partial charge is 0.339 e.